The van der Waals surface area contributed by atoms with Crippen LogP contribution in [-0.2, 0) is 6.54 Å². The minimum absolute atomic E-state index is 0.474. The predicted octanol–water partition coefficient (Wildman–Crippen LogP) is 0.741. The number of hydrogen-bond donors (Lipinski definition) is 0. The average molecular weight is 299 g/mol. The molecule has 3 aromatic heterocycles. The lowest BCUT2D eigenvalue weighted by Gasteiger charge is -2.44. The normalized spacial score (nSPS) is 15.7. The Balaban J connectivity index is 1.42. The van der Waals surface area contributed by atoms with Crippen LogP contribution in [-0.4, -0.2) is 55.6 Å². The Morgan fingerprint density at radius 3 is 3.05 bits per heavy atom. The van der Waals surface area contributed by atoms with Crippen LogP contribution in [0.2, 0.25) is 0 Å². The van der Waals surface area contributed by atoms with Crippen molar-refractivity contribution in [1.82, 2.24) is 29.5 Å². The minimum atomic E-state index is 0.474. The smallest absolute Gasteiger partial charge is 0.203 e. The lowest BCUT2D eigenvalue weighted by atomic mass is 10.1. The summed E-state index contributed by atoms with van der Waals surface area (Å²) in [4.78, 5) is 13.3. The first-order chi connectivity index (χ1) is 10.7. The largest absolute Gasteiger partial charge is 0.449 e. The third-order valence-electron chi connectivity index (χ3n) is 4.06. The van der Waals surface area contributed by atoms with Gasteiger partial charge in [-0.2, -0.15) is 0 Å². The van der Waals surface area contributed by atoms with Gasteiger partial charge < -0.3 is 9.32 Å². The molecule has 4 rings (SSSR count). The van der Waals surface area contributed by atoms with Gasteiger partial charge in [-0.25, -0.2) is 9.97 Å². The molecule has 0 saturated carbocycles. The van der Waals surface area contributed by atoms with Crippen molar-refractivity contribution in [3.63, 3.8) is 0 Å². The highest BCUT2D eigenvalue weighted by Crippen LogP contribution is 2.24. The highest BCUT2D eigenvalue weighted by Gasteiger charge is 2.32. The third-order valence-corrected chi connectivity index (χ3v) is 4.06. The fourth-order valence-electron chi connectivity index (χ4n) is 2.74. The molecule has 0 bridgehead atoms. The summed E-state index contributed by atoms with van der Waals surface area (Å²) in [5, 5.41) is 8.07. The van der Waals surface area contributed by atoms with Gasteiger partial charge in [0, 0.05) is 45.0 Å². The van der Waals surface area contributed by atoms with Crippen molar-refractivity contribution in [3.05, 3.63) is 36.6 Å². The number of anilines is 1. The topological polar surface area (TPSA) is 75.6 Å². The number of rotatable bonds is 4. The Morgan fingerprint density at radius 2 is 2.27 bits per heavy atom. The molecule has 0 atom stereocenters. The summed E-state index contributed by atoms with van der Waals surface area (Å²) in [5.41, 5.74) is 1.77. The number of nitrogens with zero attached hydrogens (tertiary/aromatic N) is 7. The lowest BCUT2D eigenvalue weighted by molar-refractivity contribution is 0.195. The van der Waals surface area contributed by atoms with Crippen molar-refractivity contribution in [2.45, 2.75) is 19.5 Å². The van der Waals surface area contributed by atoms with Gasteiger partial charge in [-0.3, -0.25) is 9.30 Å². The van der Waals surface area contributed by atoms with Gasteiger partial charge in [0.15, 0.2) is 11.7 Å². The molecule has 1 aliphatic heterocycles. The van der Waals surface area contributed by atoms with Crippen molar-refractivity contribution < 1.29 is 4.42 Å². The molecular formula is C14H17N7O. The van der Waals surface area contributed by atoms with Gasteiger partial charge in [-0.15, -0.1) is 10.2 Å². The summed E-state index contributed by atoms with van der Waals surface area (Å²) < 4.78 is 7.14. The third kappa shape index (κ3) is 2.21. The molecule has 0 N–H and O–H groups in total. The van der Waals surface area contributed by atoms with E-state index in [9.17, 15) is 0 Å². The van der Waals surface area contributed by atoms with E-state index in [2.05, 4.69) is 37.0 Å². The monoisotopic (exact) mass is 299 g/mol. The maximum absolute atomic E-state index is 5.25. The summed E-state index contributed by atoms with van der Waals surface area (Å²) in [6.07, 6.45) is 7.05. The second-order valence-electron chi connectivity index (χ2n) is 5.64. The van der Waals surface area contributed by atoms with E-state index in [0.717, 1.165) is 36.8 Å². The Bertz CT molecular complexity index is 789. The molecule has 1 fully saturated rings. The van der Waals surface area contributed by atoms with Crippen molar-refractivity contribution in [1.29, 1.82) is 0 Å². The van der Waals surface area contributed by atoms with E-state index < -0.39 is 0 Å². The molecule has 3 aromatic rings. The molecule has 1 saturated heterocycles. The van der Waals surface area contributed by atoms with Crippen LogP contribution < -0.4 is 4.90 Å². The first-order valence-electron chi connectivity index (χ1n) is 7.21. The van der Waals surface area contributed by atoms with Crippen LogP contribution in [0, 0.1) is 6.92 Å². The number of hydrogen-bond acceptors (Lipinski definition) is 7. The van der Waals surface area contributed by atoms with Crippen LogP contribution in [0.3, 0.4) is 0 Å². The minimum Gasteiger partial charge on any atom is -0.449 e. The number of oxazole rings is 1. The molecule has 0 aliphatic carbocycles. The summed E-state index contributed by atoms with van der Waals surface area (Å²) in [5.74, 6) is 1.60. The van der Waals surface area contributed by atoms with Gasteiger partial charge in [0.2, 0.25) is 5.65 Å². The van der Waals surface area contributed by atoms with Gasteiger partial charge >= 0.3 is 0 Å². The first-order valence-corrected chi connectivity index (χ1v) is 7.21. The molecule has 0 unspecified atom stereocenters. The molecule has 0 aromatic carbocycles. The van der Waals surface area contributed by atoms with Gasteiger partial charge in [-0.05, 0) is 7.05 Å². The lowest BCUT2D eigenvalue weighted by Crippen LogP contribution is -2.58. The Hall–Kier alpha value is -2.48. The van der Waals surface area contributed by atoms with Crippen molar-refractivity contribution in [2.24, 2.45) is 0 Å². The zero-order valence-electron chi connectivity index (χ0n) is 12.5. The fourth-order valence-corrected chi connectivity index (χ4v) is 2.74. The van der Waals surface area contributed by atoms with E-state index in [1.807, 2.05) is 17.5 Å². The second kappa shape index (κ2) is 5.06. The van der Waals surface area contributed by atoms with Crippen LogP contribution in [0.4, 0.5) is 5.82 Å². The maximum atomic E-state index is 5.25. The average Bonchev–Trinajstić information content (AvgIpc) is 3.06. The van der Waals surface area contributed by atoms with Crippen molar-refractivity contribution in [3.8, 4) is 0 Å². The predicted molar refractivity (Wildman–Crippen MR) is 79.5 cm³/mol. The van der Waals surface area contributed by atoms with E-state index in [4.69, 9.17) is 4.42 Å². The van der Waals surface area contributed by atoms with E-state index in [1.54, 1.807) is 18.8 Å². The van der Waals surface area contributed by atoms with Gasteiger partial charge in [0.1, 0.15) is 12.6 Å². The maximum Gasteiger partial charge on any atom is 0.203 e. The van der Waals surface area contributed by atoms with Crippen LogP contribution in [0.15, 0.2) is 29.4 Å². The van der Waals surface area contributed by atoms with Crippen LogP contribution in [0.5, 0.6) is 0 Å². The van der Waals surface area contributed by atoms with Gasteiger partial charge in [0.25, 0.3) is 0 Å². The number of aryl methyl sites for hydroxylation is 1. The highest BCUT2D eigenvalue weighted by atomic mass is 16.3. The van der Waals surface area contributed by atoms with E-state index in [-0.39, 0.29) is 0 Å². The van der Waals surface area contributed by atoms with Gasteiger partial charge in [0.05, 0.1) is 5.69 Å². The Morgan fingerprint density at radius 1 is 1.41 bits per heavy atom. The molecule has 114 valence electrons. The first kappa shape index (κ1) is 13.2. The SMILES string of the molecule is Cc1nc(CN(C)C2CN(c3nccn4cnnc34)C2)co1. The molecule has 0 amide bonds. The quantitative estimate of drug-likeness (QED) is 0.703. The summed E-state index contributed by atoms with van der Waals surface area (Å²) in [6.45, 7) is 4.50. The van der Waals surface area contributed by atoms with Crippen molar-refractivity contribution >= 4 is 11.5 Å². The number of likely N-dealkylation sites (N-methyl/N-ethyl adjacent to an activating group) is 1. The molecule has 22 heavy (non-hydrogen) atoms. The molecule has 4 heterocycles. The van der Waals surface area contributed by atoms with E-state index in [1.165, 1.54) is 0 Å². The molecule has 0 spiro atoms. The highest BCUT2D eigenvalue weighted by molar-refractivity contribution is 5.64. The Labute approximate surface area is 127 Å². The zero-order valence-corrected chi connectivity index (χ0v) is 12.5. The summed E-state index contributed by atoms with van der Waals surface area (Å²) >= 11 is 0. The molecule has 8 nitrogen and oxygen atoms in total. The molecule has 0 radical (unpaired) electrons. The molecule has 1 aliphatic rings. The van der Waals surface area contributed by atoms with E-state index in [0.29, 0.717) is 11.9 Å². The second-order valence-corrected chi connectivity index (χ2v) is 5.64. The molecule has 8 heteroatoms. The van der Waals surface area contributed by atoms with E-state index >= 15 is 0 Å². The molecular weight excluding hydrogens is 282 g/mol. The summed E-state index contributed by atoms with van der Waals surface area (Å²) in [6, 6.07) is 0.474. The van der Waals surface area contributed by atoms with Crippen LogP contribution in [0.1, 0.15) is 11.6 Å². The van der Waals surface area contributed by atoms with Crippen LogP contribution >= 0.6 is 0 Å². The number of aromatic nitrogens is 5. The standard InChI is InChI=1S/C14H17N7O/c1-10-17-11(8-22-10)5-19(2)12-6-21(7-12)13-14-18-16-9-20(14)4-3-15-13/h3-4,8-9,12H,5-7H2,1-2H3. The van der Waals surface area contributed by atoms with Crippen LogP contribution in [0.25, 0.3) is 5.65 Å². The fraction of sp³-hybridized carbons (Fsp3) is 0.429. The van der Waals surface area contributed by atoms with Gasteiger partial charge in [-0.1, -0.05) is 0 Å². The zero-order chi connectivity index (χ0) is 15.1. The Kier molecular flexibility index (Phi) is 3.04. The van der Waals surface area contributed by atoms with Crippen molar-refractivity contribution in [2.75, 3.05) is 25.0 Å². The summed E-state index contributed by atoms with van der Waals surface area (Å²) in [7, 11) is 2.11. The number of fused-ring (bicyclic) bond motifs is 1.